The van der Waals surface area contributed by atoms with Crippen LogP contribution in [0.3, 0.4) is 0 Å². The first-order valence-electron chi connectivity index (χ1n) is 15.2. The number of allylic oxidation sites excluding steroid dienone is 2. The van der Waals surface area contributed by atoms with Crippen molar-refractivity contribution < 1.29 is 4.74 Å². The molecule has 1 fully saturated rings. The van der Waals surface area contributed by atoms with Crippen LogP contribution in [0.25, 0.3) is 29.0 Å². The fraction of sp³-hybridized carbons (Fsp3) is 0.250. The van der Waals surface area contributed by atoms with Gasteiger partial charge in [-0.25, -0.2) is 0 Å². The van der Waals surface area contributed by atoms with E-state index in [1.807, 2.05) is 49.9 Å². The maximum atomic E-state index is 6.43. The van der Waals surface area contributed by atoms with Gasteiger partial charge in [-0.3, -0.25) is 0 Å². The van der Waals surface area contributed by atoms with E-state index < -0.39 is 0 Å². The summed E-state index contributed by atoms with van der Waals surface area (Å²) in [6, 6.07) is 27.9. The fourth-order valence-electron chi connectivity index (χ4n) is 5.14. The Labute approximate surface area is 256 Å². The van der Waals surface area contributed by atoms with Crippen LogP contribution in [-0.2, 0) is 0 Å². The Kier molecular flexibility index (Phi) is 12.2. The van der Waals surface area contributed by atoms with Gasteiger partial charge >= 0.3 is 0 Å². The largest absolute Gasteiger partial charge is 0.490 e. The molecule has 2 aliphatic carbocycles. The molecule has 0 saturated heterocycles. The molecular weight excluding hydrogens is 529 g/mol. The molecule has 0 bridgehead atoms. The standard InChI is InChI=1S/C27H28OS.C11H8.C2H6/c1-3-4-10-21-19-23(16-15-20(21)2)29-27-18-17-26(24-13-8-9-14-25(24)27)28-22-11-6-5-7-12-22;1-2-6-10-8-4-5-9-11(10)7-3-1;1-2/h3-4,8-10,13-19,22H,1,5-7,11-12H2,2H3;4-9H,2H2;1-2H3/b10-4-;;. The van der Waals surface area contributed by atoms with Gasteiger partial charge in [-0.2, -0.15) is 0 Å². The second-order valence-corrected chi connectivity index (χ2v) is 11.3. The molecular formula is C40H42OS. The zero-order valence-electron chi connectivity index (χ0n) is 25.2. The quantitative estimate of drug-likeness (QED) is 0.169. The highest BCUT2D eigenvalue weighted by atomic mass is 32.2. The molecule has 0 atom stereocenters. The Bertz CT molecular complexity index is 1690. The number of aryl methyl sites for hydroxylation is 1. The Morgan fingerprint density at radius 1 is 0.857 bits per heavy atom. The minimum Gasteiger partial charge on any atom is -0.490 e. The summed E-state index contributed by atoms with van der Waals surface area (Å²) in [6.45, 7) is 9.92. The van der Waals surface area contributed by atoms with Crippen molar-refractivity contribution in [3.05, 3.63) is 119 Å². The summed E-state index contributed by atoms with van der Waals surface area (Å²) in [5.41, 5.74) is 2.50. The molecule has 42 heavy (non-hydrogen) atoms. The van der Waals surface area contributed by atoms with Crippen LogP contribution in [0.2, 0.25) is 0 Å². The van der Waals surface area contributed by atoms with Crippen LogP contribution >= 0.6 is 11.8 Å². The Morgan fingerprint density at radius 3 is 2.38 bits per heavy atom. The lowest BCUT2D eigenvalue weighted by atomic mass is 9.97. The first-order valence-corrected chi connectivity index (χ1v) is 16.0. The van der Waals surface area contributed by atoms with E-state index in [1.54, 1.807) is 0 Å². The van der Waals surface area contributed by atoms with Crippen molar-refractivity contribution >= 4 is 40.8 Å². The molecule has 214 valence electrons. The molecule has 1 nitrogen and oxygen atoms in total. The van der Waals surface area contributed by atoms with E-state index in [4.69, 9.17) is 4.74 Å². The van der Waals surface area contributed by atoms with Crippen LogP contribution in [0.1, 0.15) is 63.5 Å². The van der Waals surface area contributed by atoms with Gasteiger partial charge < -0.3 is 4.74 Å². The normalized spacial score (nSPS) is 13.9. The molecule has 1 saturated carbocycles. The molecule has 6 rings (SSSR count). The summed E-state index contributed by atoms with van der Waals surface area (Å²) in [5, 5.41) is 4.99. The number of benzene rings is 4. The van der Waals surface area contributed by atoms with Gasteiger partial charge in [-0.05, 0) is 89.9 Å². The average molecular weight is 571 g/mol. The fourth-order valence-corrected chi connectivity index (χ4v) is 6.14. The predicted molar refractivity (Wildman–Crippen MR) is 184 cm³/mol. The van der Waals surface area contributed by atoms with Crippen molar-refractivity contribution in [3.63, 3.8) is 0 Å². The topological polar surface area (TPSA) is 9.23 Å². The highest BCUT2D eigenvalue weighted by Gasteiger charge is 2.17. The maximum absolute atomic E-state index is 6.43. The molecule has 0 unspecified atom stereocenters. The second-order valence-electron chi connectivity index (χ2n) is 10.2. The summed E-state index contributed by atoms with van der Waals surface area (Å²) >= 11 is 1.81. The average Bonchev–Trinajstić information content (AvgIpc) is 3.30. The molecule has 4 aromatic carbocycles. The van der Waals surface area contributed by atoms with Crippen molar-refractivity contribution in [2.24, 2.45) is 0 Å². The van der Waals surface area contributed by atoms with E-state index in [-0.39, 0.29) is 0 Å². The van der Waals surface area contributed by atoms with E-state index in [0.717, 1.165) is 12.2 Å². The van der Waals surface area contributed by atoms with Gasteiger partial charge in [0.25, 0.3) is 0 Å². The Balaban J connectivity index is 0.000000259. The molecule has 0 aromatic heterocycles. The summed E-state index contributed by atoms with van der Waals surface area (Å²) < 4.78 is 6.43. The van der Waals surface area contributed by atoms with Crippen LogP contribution in [0, 0.1) is 18.8 Å². The summed E-state index contributed by atoms with van der Waals surface area (Å²) in [5.74, 6) is 7.05. The molecule has 0 aliphatic heterocycles. The number of rotatable bonds is 6. The molecule has 0 N–H and O–H groups in total. The Morgan fingerprint density at radius 2 is 1.60 bits per heavy atom. The highest BCUT2D eigenvalue weighted by Crippen LogP contribution is 2.39. The van der Waals surface area contributed by atoms with Crippen LogP contribution in [0.15, 0.2) is 107 Å². The van der Waals surface area contributed by atoms with Gasteiger partial charge in [0.2, 0.25) is 0 Å². The van der Waals surface area contributed by atoms with E-state index in [2.05, 4.69) is 110 Å². The van der Waals surface area contributed by atoms with Gasteiger partial charge in [0.05, 0.1) is 6.10 Å². The van der Waals surface area contributed by atoms with Crippen LogP contribution < -0.4 is 15.2 Å². The minimum absolute atomic E-state index is 0.363. The third-order valence-electron chi connectivity index (χ3n) is 7.33. The zero-order valence-corrected chi connectivity index (χ0v) is 26.1. The van der Waals surface area contributed by atoms with Crippen LogP contribution in [0.4, 0.5) is 0 Å². The molecule has 0 radical (unpaired) electrons. The van der Waals surface area contributed by atoms with Gasteiger partial charge in [0.1, 0.15) is 5.75 Å². The van der Waals surface area contributed by atoms with E-state index >= 15 is 0 Å². The van der Waals surface area contributed by atoms with Crippen LogP contribution in [-0.4, -0.2) is 6.10 Å². The Hall–Kier alpha value is -3.93. The highest BCUT2D eigenvalue weighted by molar-refractivity contribution is 7.99. The van der Waals surface area contributed by atoms with Crippen molar-refractivity contribution in [2.45, 2.75) is 75.2 Å². The molecule has 0 amide bonds. The van der Waals surface area contributed by atoms with Gasteiger partial charge in [0, 0.05) is 21.6 Å². The summed E-state index contributed by atoms with van der Waals surface area (Å²) in [6.07, 6.45) is 17.5. The second kappa shape index (κ2) is 16.5. The zero-order chi connectivity index (χ0) is 29.6. The van der Waals surface area contributed by atoms with Crippen molar-refractivity contribution in [1.29, 1.82) is 0 Å². The smallest absolute Gasteiger partial charge is 0.127 e. The lowest BCUT2D eigenvalue weighted by Crippen LogP contribution is -2.22. The summed E-state index contributed by atoms with van der Waals surface area (Å²) in [7, 11) is 0. The maximum Gasteiger partial charge on any atom is 0.127 e. The number of fused-ring (bicyclic) bond motifs is 2. The van der Waals surface area contributed by atoms with Crippen molar-refractivity contribution in [2.75, 3.05) is 0 Å². The molecule has 0 spiro atoms. The van der Waals surface area contributed by atoms with E-state index in [9.17, 15) is 0 Å². The van der Waals surface area contributed by atoms with Gasteiger partial charge in [-0.1, -0.05) is 129 Å². The number of ether oxygens (including phenoxy) is 1. The van der Waals surface area contributed by atoms with Gasteiger partial charge in [-0.15, -0.1) is 0 Å². The first-order chi connectivity index (χ1) is 20.7. The SMILES string of the molecule is C1#CCC=c2ccccc2=C1.C=C/C=C\c1cc(Sc2ccc(OC3CCCCC3)c3ccccc23)ccc1C.CC. The molecule has 4 aromatic rings. The van der Waals surface area contributed by atoms with Crippen LogP contribution in [0.5, 0.6) is 5.75 Å². The van der Waals surface area contributed by atoms with Crippen molar-refractivity contribution in [3.8, 4) is 17.6 Å². The molecule has 0 heterocycles. The predicted octanol–water partition coefficient (Wildman–Crippen LogP) is 9.89. The monoisotopic (exact) mass is 570 g/mol. The summed E-state index contributed by atoms with van der Waals surface area (Å²) in [4.78, 5) is 2.50. The number of hydrogen-bond acceptors (Lipinski definition) is 2. The number of hydrogen-bond donors (Lipinski definition) is 0. The third kappa shape index (κ3) is 8.54. The van der Waals surface area contributed by atoms with Crippen molar-refractivity contribution in [1.82, 2.24) is 0 Å². The minimum atomic E-state index is 0.363. The lowest BCUT2D eigenvalue weighted by Gasteiger charge is -2.24. The van der Waals surface area contributed by atoms with Gasteiger partial charge in [0.15, 0.2) is 0 Å². The first kappa shape index (κ1) is 31.0. The molecule has 2 aliphatic rings. The third-order valence-corrected chi connectivity index (χ3v) is 8.40. The van der Waals surface area contributed by atoms with E-state index in [1.165, 1.54) is 74.2 Å². The lowest BCUT2D eigenvalue weighted by molar-refractivity contribution is 0.157. The molecule has 2 heteroatoms. The van der Waals surface area contributed by atoms with E-state index in [0.29, 0.717) is 6.10 Å².